The molecule has 1 aromatic carbocycles. The Labute approximate surface area is 272 Å². The molecule has 0 fully saturated rings. The SMILES string of the molecule is CCCCCCCCCCCCCCCCCCOCC(COC(=O)N(CC)C(C)=O)N1C(=O)c2ccccc2C1=O.CNC. The average molecular weight is 632 g/mol. The lowest BCUT2D eigenvalue weighted by Gasteiger charge is -2.27. The van der Waals surface area contributed by atoms with Gasteiger partial charge < -0.3 is 14.8 Å². The fourth-order valence-corrected chi connectivity index (χ4v) is 5.43. The predicted octanol–water partition coefficient (Wildman–Crippen LogP) is 7.77. The lowest BCUT2D eigenvalue weighted by Crippen LogP contribution is -2.47. The molecule has 256 valence electrons. The minimum atomic E-state index is -0.801. The summed E-state index contributed by atoms with van der Waals surface area (Å²) in [6.45, 7) is 5.71. The van der Waals surface area contributed by atoms with Gasteiger partial charge in [-0.05, 0) is 39.6 Å². The molecule has 1 N–H and O–H groups in total. The summed E-state index contributed by atoms with van der Waals surface area (Å²) in [6.07, 6.45) is 19.9. The molecule has 0 saturated carbocycles. The molecular weight excluding hydrogens is 570 g/mol. The number of nitrogens with zero attached hydrogens (tertiary/aromatic N) is 2. The second-order valence-corrected chi connectivity index (χ2v) is 11.9. The van der Waals surface area contributed by atoms with E-state index in [0.717, 1.165) is 22.6 Å². The van der Waals surface area contributed by atoms with Crippen LogP contribution in [0, 0.1) is 0 Å². The summed E-state index contributed by atoms with van der Waals surface area (Å²) in [5.41, 5.74) is 0.658. The Morgan fingerprint density at radius 3 is 1.56 bits per heavy atom. The number of amides is 4. The minimum absolute atomic E-state index is 0.0592. The zero-order chi connectivity index (χ0) is 33.3. The van der Waals surface area contributed by atoms with Gasteiger partial charge in [-0.15, -0.1) is 0 Å². The molecule has 1 heterocycles. The highest BCUT2D eigenvalue weighted by atomic mass is 16.6. The Morgan fingerprint density at radius 2 is 1.16 bits per heavy atom. The third kappa shape index (κ3) is 15.9. The van der Waals surface area contributed by atoms with Crippen molar-refractivity contribution in [2.75, 3.05) is 40.5 Å². The van der Waals surface area contributed by atoms with E-state index in [1.165, 1.54) is 96.8 Å². The van der Waals surface area contributed by atoms with Crippen LogP contribution in [0.25, 0.3) is 0 Å². The molecule has 1 unspecified atom stereocenters. The number of imide groups is 2. The van der Waals surface area contributed by atoms with E-state index in [4.69, 9.17) is 9.47 Å². The molecule has 0 aromatic heterocycles. The minimum Gasteiger partial charge on any atom is -0.447 e. The molecule has 4 amide bonds. The molecule has 1 aromatic rings. The van der Waals surface area contributed by atoms with Gasteiger partial charge in [-0.2, -0.15) is 0 Å². The third-order valence-electron chi connectivity index (χ3n) is 7.96. The second-order valence-electron chi connectivity index (χ2n) is 11.9. The number of carbonyl (C=O) groups is 4. The van der Waals surface area contributed by atoms with Gasteiger partial charge in [0.05, 0.1) is 23.8 Å². The molecule has 2 rings (SSSR count). The Kier molecular flexibility index (Phi) is 22.7. The van der Waals surface area contributed by atoms with Crippen LogP contribution in [0.5, 0.6) is 0 Å². The first-order valence-corrected chi connectivity index (χ1v) is 17.4. The van der Waals surface area contributed by atoms with Gasteiger partial charge in [0.25, 0.3) is 11.8 Å². The quantitative estimate of drug-likeness (QED) is 0.0972. The number of carbonyl (C=O) groups excluding carboxylic acids is 4. The van der Waals surface area contributed by atoms with E-state index in [2.05, 4.69) is 12.2 Å². The first kappa shape index (κ1) is 40.2. The van der Waals surface area contributed by atoms with Crippen molar-refractivity contribution in [3.05, 3.63) is 35.4 Å². The predicted molar refractivity (Wildman–Crippen MR) is 180 cm³/mol. The molecule has 1 aliphatic heterocycles. The van der Waals surface area contributed by atoms with Crippen LogP contribution in [-0.4, -0.2) is 80.1 Å². The van der Waals surface area contributed by atoms with Crippen LogP contribution in [0.15, 0.2) is 24.3 Å². The maximum Gasteiger partial charge on any atom is 0.416 e. The second kappa shape index (κ2) is 25.4. The smallest absolute Gasteiger partial charge is 0.416 e. The summed E-state index contributed by atoms with van der Waals surface area (Å²) >= 11 is 0. The number of unbranched alkanes of at least 4 members (excludes halogenated alkanes) is 15. The van der Waals surface area contributed by atoms with Crippen molar-refractivity contribution in [3.8, 4) is 0 Å². The van der Waals surface area contributed by atoms with Gasteiger partial charge in [-0.25, -0.2) is 9.69 Å². The largest absolute Gasteiger partial charge is 0.447 e. The molecule has 9 heteroatoms. The van der Waals surface area contributed by atoms with Crippen LogP contribution in [0.3, 0.4) is 0 Å². The standard InChI is InChI=1S/C34H54N2O6.C2H7N/c1-4-6-7-8-9-10-11-12-13-14-15-16-17-18-19-22-25-41-26-29(27-42-34(40)35(5-2)28(3)37)36-32(38)30-23-20-21-24-31(30)33(36)39;1-3-2/h20-21,23-24,29H,4-19,22,25-27H2,1-3H3;3H,1-2H3. The van der Waals surface area contributed by atoms with Crippen LogP contribution in [0.2, 0.25) is 0 Å². The highest BCUT2D eigenvalue weighted by Crippen LogP contribution is 2.25. The van der Waals surface area contributed by atoms with Gasteiger partial charge in [0.1, 0.15) is 6.61 Å². The van der Waals surface area contributed by atoms with E-state index in [1.807, 2.05) is 14.1 Å². The first-order valence-electron chi connectivity index (χ1n) is 17.4. The third-order valence-corrected chi connectivity index (χ3v) is 7.96. The molecule has 0 radical (unpaired) electrons. The molecule has 1 aliphatic rings. The number of rotatable bonds is 23. The molecule has 0 bridgehead atoms. The highest BCUT2D eigenvalue weighted by Gasteiger charge is 2.40. The first-order chi connectivity index (χ1) is 21.8. The maximum absolute atomic E-state index is 13.0. The highest BCUT2D eigenvalue weighted by molar-refractivity contribution is 6.21. The van der Waals surface area contributed by atoms with Crippen molar-refractivity contribution < 1.29 is 28.7 Å². The summed E-state index contributed by atoms with van der Waals surface area (Å²) in [5.74, 6) is -1.29. The van der Waals surface area contributed by atoms with Crippen molar-refractivity contribution >= 4 is 23.8 Å². The summed E-state index contributed by atoms with van der Waals surface area (Å²) in [4.78, 5) is 52.3. The summed E-state index contributed by atoms with van der Waals surface area (Å²) in [6, 6.07) is 5.87. The van der Waals surface area contributed by atoms with Crippen LogP contribution in [0.4, 0.5) is 4.79 Å². The van der Waals surface area contributed by atoms with Crippen molar-refractivity contribution in [2.45, 2.75) is 130 Å². The van der Waals surface area contributed by atoms with Crippen LogP contribution in [0.1, 0.15) is 144 Å². The van der Waals surface area contributed by atoms with Gasteiger partial charge in [0, 0.05) is 20.1 Å². The van der Waals surface area contributed by atoms with Gasteiger partial charge in [0.15, 0.2) is 0 Å². The number of fused-ring (bicyclic) bond motifs is 1. The number of nitrogens with one attached hydrogen (secondary N) is 1. The van der Waals surface area contributed by atoms with Crippen LogP contribution < -0.4 is 5.32 Å². The summed E-state index contributed by atoms with van der Waals surface area (Å²) < 4.78 is 11.2. The Morgan fingerprint density at radius 1 is 0.733 bits per heavy atom. The Bertz CT molecular complexity index is 950. The molecule has 1 atom stereocenters. The van der Waals surface area contributed by atoms with E-state index in [-0.39, 0.29) is 19.8 Å². The fraction of sp³-hybridized carbons (Fsp3) is 0.722. The number of hydrogen-bond donors (Lipinski definition) is 1. The van der Waals surface area contributed by atoms with E-state index < -0.39 is 29.9 Å². The van der Waals surface area contributed by atoms with Crippen LogP contribution >= 0.6 is 0 Å². The van der Waals surface area contributed by atoms with E-state index in [0.29, 0.717) is 17.7 Å². The molecule has 0 saturated heterocycles. The Hall–Kier alpha value is -2.78. The summed E-state index contributed by atoms with van der Waals surface area (Å²) in [5, 5.41) is 2.75. The van der Waals surface area contributed by atoms with Crippen LogP contribution in [-0.2, 0) is 14.3 Å². The van der Waals surface area contributed by atoms with Crippen molar-refractivity contribution in [2.24, 2.45) is 0 Å². The molecule has 45 heavy (non-hydrogen) atoms. The zero-order valence-electron chi connectivity index (χ0n) is 28.9. The number of hydrogen-bond acceptors (Lipinski definition) is 7. The van der Waals surface area contributed by atoms with Gasteiger partial charge in [-0.3, -0.25) is 19.3 Å². The van der Waals surface area contributed by atoms with E-state index in [1.54, 1.807) is 31.2 Å². The maximum atomic E-state index is 13.0. The summed E-state index contributed by atoms with van der Waals surface area (Å²) in [7, 11) is 3.75. The van der Waals surface area contributed by atoms with E-state index in [9.17, 15) is 19.2 Å². The van der Waals surface area contributed by atoms with Crippen molar-refractivity contribution in [1.82, 2.24) is 15.1 Å². The Balaban J connectivity index is 0.00000324. The fourth-order valence-electron chi connectivity index (χ4n) is 5.43. The molecular formula is C36H61N3O6. The van der Waals surface area contributed by atoms with Gasteiger partial charge in [0.2, 0.25) is 5.91 Å². The van der Waals surface area contributed by atoms with Gasteiger partial charge >= 0.3 is 6.09 Å². The van der Waals surface area contributed by atoms with E-state index >= 15 is 0 Å². The lowest BCUT2D eigenvalue weighted by atomic mass is 10.0. The number of benzene rings is 1. The normalized spacial score (nSPS) is 12.9. The molecule has 0 aliphatic carbocycles. The monoisotopic (exact) mass is 631 g/mol. The number of ether oxygens (including phenoxy) is 2. The van der Waals surface area contributed by atoms with Gasteiger partial charge in [-0.1, -0.05) is 115 Å². The van der Waals surface area contributed by atoms with Crippen molar-refractivity contribution in [1.29, 1.82) is 0 Å². The zero-order valence-corrected chi connectivity index (χ0v) is 28.9. The average Bonchev–Trinajstić information content (AvgIpc) is 3.27. The lowest BCUT2D eigenvalue weighted by molar-refractivity contribution is -0.127. The molecule has 9 nitrogen and oxygen atoms in total. The topological polar surface area (TPSA) is 105 Å². The van der Waals surface area contributed by atoms with Crippen molar-refractivity contribution in [3.63, 3.8) is 0 Å². The molecule has 0 spiro atoms.